The van der Waals surface area contributed by atoms with Gasteiger partial charge < -0.3 is 10.6 Å². The number of amides is 1. The second-order valence-electron chi connectivity index (χ2n) is 5.80. The van der Waals surface area contributed by atoms with Crippen LogP contribution in [0.1, 0.15) is 11.1 Å². The van der Waals surface area contributed by atoms with Crippen molar-refractivity contribution in [3.05, 3.63) is 96.1 Å². The Hall–Kier alpha value is -3.33. The summed E-state index contributed by atoms with van der Waals surface area (Å²) in [6.07, 6.45) is 3.33. The lowest BCUT2D eigenvalue weighted by Gasteiger charge is -2.08. The zero-order valence-corrected chi connectivity index (χ0v) is 14.1. The normalized spacial score (nSPS) is 10.6. The number of hydrogen-bond donors (Lipinski definition) is 2. The molecule has 0 atom stereocenters. The van der Waals surface area contributed by atoms with E-state index in [1.807, 2.05) is 66.7 Å². The molecule has 3 rings (SSSR count). The van der Waals surface area contributed by atoms with Crippen molar-refractivity contribution < 1.29 is 4.79 Å². The topological polar surface area (TPSA) is 41.1 Å². The van der Waals surface area contributed by atoms with Gasteiger partial charge in [-0.1, -0.05) is 48.0 Å². The largest absolute Gasteiger partial charge is 0.356 e. The third-order valence-electron chi connectivity index (χ3n) is 3.72. The zero-order valence-electron chi connectivity index (χ0n) is 14.1. The lowest BCUT2D eigenvalue weighted by Crippen LogP contribution is -2.07. The van der Waals surface area contributed by atoms with E-state index in [9.17, 15) is 4.79 Å². The monoisotopic (exact) mass is 328 g/mol. The number of nitrogens with one attached hydrogen (secondary N) is 2. The summed E-state index contributed by atoms with van der Waals surface area (Å²) < 4.78 is 0. The van der Waals surface area contributed by atoms with Gasteiger partial charge in [-0.15, -0.1) is 0 Å². The first-order chi connectivity index (χ1) is 12.2. The van der Waals surface area contributed by atoms with Crippen molar-refractivity contribution in [1.82, 2.24) is 0 Å². The summed E-state index contributed by atoms with van der Waals surface area (Å²) in [6, 6.07) is 25.6. The molecule has 0 heterocycles. The van der Waals surface area contributed by atoms with Crippen LogP contribution in [0.25, 0.3) is 6.08 Å². The van der Waals surface area contributed by atoms with Gasteiger partial charge in [0.25, 0.3) is 0 Å². The van der Waals surface area contributed by atoms with Crippen LogP contribution in [0.5, 0.6) is 0 Å². The number of rotatable bonds is 5. The number of benzene rings is 3. The minimum Gasteiger partial charge on any atom is -0.356 e. The third-order valence-corrected chi connectivity index (χ3v) is 3.72. The summed E-state index contributed by atoms with van der Waals surface area (Å²) in [4.78, 5) is 12.0. The number of carbonyl (C=O) groups is 1. The van der Waals surface area contributed by atoms with E-state index in [1.165, 1.54) is 11.6 Å². The van der Waals surface area contributed by atoms with Gasteiger partial charge in [-0.2, -0.15) is 0 Å². The van der Waals surface area contributed by atoms with E-state index in [2.05, 4.69) is 29.7 Å². The van der Waals surface area contributed by atoms with E-state index in [0.717, 1.165) is 22.6 Å². The van der Waals surface area contributed by atoms with Gasteiger partial charge in [0.15, 0.2) is 0 Å². The van der Waals surface area contributed by atoms with Crippen LogP contribution in [-0.4, -0.2) is 5.91 Å². The molecule has 0 aromatic heterocycles. The Bertz CT molecular complexity index is 851. The van der Waals surface area contributed by atoms with Crippen LogP contribution in [0.3, 0.4) is 0 Å². The number of carbonyl (C=O) groups excluding carboxylic acids is 1. The fourth-order valence-electron chi connectivity index (χ4n) is 2.36. The molecule has 3 nitrogen and oxygen atoms in total. The molecule has 0 unspecified atom stereocenters. The van der Waals surface area contributed by atoms with Crippen LogP contribution < -0.4 is 10.6 Å². The van der Waals surface area contributed by atoms with Gasteiger partial charge in [-0.3, -0.25) is 4.79 Å². The Balaban J connectivity index is 1.57. The summed E-state index contributed by atoms with van der Waals surface area (Å²) in [6.45, 7) is 2.06. The summed E-state index contributed by atoms with van der Waals surface area (Å²) in [5.74, 6) is -0.150. The average molecular weight is 328 g/mol. The highest BCUT2D eigenvalue weighted by atomic mass is 16.1. The van der Waals surface area contributed by atoms with E-state index < -0.39 is 0 Å². The molecule has 124 valence electrons. The lowest BCUT2D eigenvalue weighted by molar-refractivity contribution is -0.111. The molecule has 0 radical (unpaired) electrons. The Morgan fingerprint density at radius 3 is 1.96 bits per heavy atom. The molecular formula is C22H20N2O. The van der Waals surface area contributed by atoms with Crippen LogP contribution in [0, 0.1) is 6.92 Å². The third kappa shape index (κ3) is 5.08. The summed E-state index contributed by atoms with van der Waals surface area (Å²) in [5.41, 5.74) is 4.99. The molecule has 0 aliphatic rings. The molecule has 25 heavy (non-hydrogen) atoms. The molecule has 2 N–H and O–H groups in total. The fourth-order valence-corrected chi connectivity index (χ4v) is 2.36. The first-order valence-electron chi connectivity index (χ1n) is 8.17. The Kier molecular flexibility index (Phi) is 5.27. The minimum absolute atomic E-state index is 0.150. The molecule has 3 aromatic rings. The Labute approximate surface area is 148 Å². The maximum absolute atomic E-state index is 12.0. The number of aryl methyl sites for hydroxylation is 1. The van der Waals surface area contributed by atoms with Crippen molar-refractivity contribution in [3.8, 4) is 0 Å². The highest BCUT2D eigenvalue weighted by molar-refractivity contribution is 6.02. The molecule has 3 heteroatoms. The highest BCUT2D eigenvalue weighted by Gasteiger charge is 1.99. The highest BCUT2D eigenvalue weighted by Crippen LogP contribution is 2.19. The number of anilines is 3. The van der Waals surface area contributed by atoms with Gasteiger partial charge in [0.2, 0.25) is 5.91 Å². The Morgan fingerprint density at radius 2 is 1.32 bits per heavy atom. The SMILES string of the molecule is Cc1ccc(Nc2ccc(NC(=O)/C=C/c3ccccc3)cc2)cc1. The van der Waals surface area contributed by atoms with E-state index in [4.69, 9.17) is 0 Å². The molecule has 0 aliphatic carbocycles. The molecule has 0 bridgehead atoms. The van der Waals surface area contributed by atoms with Crippen molar-refractivity contribution in [3.63, 3.8) is 0 Å². The first-order valence-corrected chi connectivity index (χ1v) is 8.17. The fraction of sp³-hybridized carbons (Fsp3) is 0.0455. The van der Waals surface area contributed by atoms with Crippen LogP contribution in [0.4, 0.5) is 17.1 Å². The molecule has 0 fully saturated rings. The van der Waals surface area contributed by atoms with E-state index in [-0.39, 0.29) is 5.91 Å². The standard InChI is InChI=1S/C22H20N2O/c1-17-7-10-19(11-8-17)23-20-12-14-21(15-13-20)24-22(25)16-9-18-5-3-2-4-6-18/h2-16,23H,1H3,(H,24,25)/b16-9+. The van der Waals surface area contributed by atoms with Crippen LogP contribution >= 0.6 is 0 Å². The molecule has 3 aromatic carbocycles. The molecule has 1 amide bonds. The van der Waals surface area contributed by atoms with E-state index in [0.29, 0.717) is 0 Å². The number of hydrogen-bond acceptors (Lipinski definition) is 2. The predicted molar refractivity (Wildman–Crippen MR) is 105 cm³/mol. The first kappa shape index (κ1) is 16.5. The van der Waals surface area contributed by atoms with Crippen molar-refractivity contribution in [2.45, 2.75) is 6.92 Å². The molecule has 0 aliphatic heterocycles. The lowest BCUT2D eigenvalue weighted by atomic mass is 10.2. The molecule has 0 saturated heterocycles. The van der Waals surface area contributed by atoms with E-state index >= 15 is 0 Å². The quantitative estimate of drug-likeness (QED) is 0.616. The summed E-state index contributed by atoms with van der Waals surface area (Å²) in [5, 5.41) is 6.19. The second kappa shape index (κ2) is 7.97. The van der Waals surface area contributed by atoms with Gasteiger partial charge >= 0.3 is 0 Å². The van der Waals surface area contributed by atoms with Crippen LogP contribution in [0.15, 0.2) is 84.9 Å². The Morgan fingerprint density at radius 1 is 0.760 bits per heavy atom. The van der Waals surface area contributed by atoms with Gasteiger partial charge in [0, 0.05) is 23.1 Å². The molecular weight excluding hydrogens is 308 g/mol. The zero-order chi connectivity index (χ0) is 17.5. The molecule has 0 saturated carbocycles. The van der Waals surface area contributed by atoms with Crippen LogP contribution in [0.2, 0.25) is 0 Å². The van der Waals surface area contributed by atoms with Crippen molar-refractivity contribution >= 4 is 29.0 Å². The van der Waals surface area contributed by atoms with Crippen molar-refractivity contribution in [1.29, 1.82) is 0 Å². The minimum atomic E-state index is -0.150. The van der Waals surface area contributed by atoms with Crippen molar-refractivity contribution in [2.75, 3.05) is 10.6 Å². The van der Waals surface area contributed by atoms with Gasteiger partial charge in [-0.05, 0) is 55.0 Å². The molecule has 0 spiro atoms. The predicted octanol–water partition coefficient (Wildman–Crippen LogP) is 5.39. The van der Waals surface area contributed by atoms with Gasteiger partial charge in [-0.25, -0.2) is 0 Å². The second-order valence-corrected chi connectivity index (χ2v) is 5.80. The van der Waals surface area contributed by atoms with Gasteiger partial charge in [0.1, 0.15) is 0 Å². The summed E-state index contributed by atoms with van der Waals surface area (Å²) >= 11 is 0. The van der Waals surface area contributed by atoms with E-state index in [1.54, 1.807) is 6.08 Å². The van der Waals surface area contributed by atoms with Crippen molar-refractivity contribution in [2.24, 2.45) is 0 Å². The van der Waals surface area contributed by atoms with Gasteiger partial charge in [0.05, 0.1) is 0 Å². The smallest absolute Gasteiger partial charge is 0.248 e. The maximum atomic E-state index is 12.0. The average Bonchev–Trinajstić information content (AvgIpc) is 2.64. The van der Waals surface area contributed by atoms with Crippen LogP contribution in [-0.2, 0) is 4.79 Å². The summed E-state index contributed by atoms with van der Waals surface area (Å²) in [7, 11) is 0. The maximum Gasteiger partial charge on any atom is 0.248 e.